The zero-order valence-corrected chi connectivity index (χ0v) is 13.4. The summed E-state index contributed by atoms with van der Waals surface area (Å²) < 4.78 is 0. The predicted octanol–water partition coefficient (Wildman–Crippen LogP) is 2.67. The number of nitrogens with one attached hydrogen (secondary N) is 3. The SMILES string of the molecule is CNC(=O)Nc1cccc(NC(=O)c2ccc(/C=N/OC)cc2)c1. The number of rotatable bonds is 5. The number of benzene rings is 2. The van der Waals surface area contributed by atoms with Crippen LogP contribution in [0.25, 0.3) is 0 Å². The van der Waals surface area contributed by atoms with Crippen molar-refractivity contribution < 1.29 is 14.4 Å². The van der Waals surface area contributed by atoms with Crippen LogP contribution in [0.15, 0.2) is 53.7 Å². The second-order valence-electron chi connectivity index (χ2n) is 4.78. The van der Waals surface area contributed by atoms with Crippen molar-refractivity contribution in [2.45, 2.75) is 0 Å². The summed E-state index contributed by atoms with van der Waals surface area (Å²) in [5.74, 6) is -0.248. The Morgan fingerprint density at radius 2 is 1.71 bits per heavy atom. The lowest BCUT2D eigenvalue weighted by Crippen LogP contribution is -2.24. The van der Waals surface area contributed by atoms with Gasteiger partial charge < -0.3 is 20.8 Å². The number of amides is 3. The topological polar surface area (TPSA) is 91.8 Å². The Hall–Kier alpha value is -3.35. The first-order valence-electron chi connectivity index (χ1n) is 7.19. The van der Waals surface area contributed by atoms with E-state index < -0.39 is 0 Å². The van der Waals surface area contributed by atoms with Gasteiger partial charge in [-0.15, -0.1) is 0 Å². The monoisotopic (exact) mass is 326 g/mol. The fourth-order valence-corrected chi connectivity index (χ4v) is 1.91. The van der Waals surface area contributed by atoms with Gasteiger partial charge in [-0.05, 0) is 35.9 Å². The average Bonchev–Trinajstić information content (AvgIpc) is 2.60. The van der Waals surface area contributed by atoms with Crippen LogP contribution in [-0.4, -0.2) is 32.3 Å². The minimum Gasteiger partial charge on any atom is -0.399 e. The van der Waals surface area contributed by atoms with Gasteiger partial charge in [-0.1, -0.05) is 23.4 Å². The first-order valence-corrected chi connectivity index (χ1v) is 7.19. The van der Waals surface area contributed by atoms with E-state index in [0.717, 1.165) is 5.56 Å². The third-order valence-electron chi connectivity index (χ3n) is 3.09. The number of urea groups is 1. The number of oxime groups is 1. The van der Waals surface area contributed by atoms with Gasteiger partial charge in [0.1, 0.15) is 7.11 Å². The Morgan fingerprint density at radius 3 is 2.33 bits per heavy atom. The highest BCUT2D eigenvalue weighted by atomic mass is 16.6. The number of carbonyl (C=O) groups excluding carboxylic acids is 2. The van der Waals surface area contributed by atoms with Crippen LogP contribution >= 0.6 is 0 Å². The molecule has 7 heteroatoms. The quantitative estimate of drug-likeness (QED) is 0.582. The lowest BCUT2D eigenvalue weighted by atomic mass is 10.1. The van der Waals surface area contributed by atoms with Crippen molar-refractivity contribution in [1.29, 1.82) is 0 Å². The van der Waals surface area contributed by atoms with Gasteiger partial charge in [-0.25, -0.2) is 4.79 Å². The van der Waals surface area contributed by atoms with Crippen LogP contribution in [0.3, 0.4) is 0 Å². The second kappa shape index (κ2) is 8.33. The highest BCUT2D eigenvalue weighted by Crippen LogP contribution is 2.16. The van der Waals surface area contributed by atoms with E-state index in [1.807, 2.05) is 0 Å². The Bertz CT molecular complexity index is 742. The van der Waals surface area contributed by atoms with Gasteiger partial charge in [0.25, 0.3) is 5.91 Å². The van der Waals surface area contributed by atoms with Gasteiger partial charge in [0.05, 0.1) is 6.21 Å². The molecule has 0 bridgehead atoms. The lowest BCUT2D eigenvalue weighted by molar-refractivity contribution is 0.102. The Balaban J connectivity index is 2.05. The molecule has 3 amide bonds. The van der Waals surface area contributed by atoms with Gasteiger partial charge in [0, 0.05) is 24.0 Å². The van der Waals surface area contributed by atoms with Crippen LogP contribution < -0.4 is 16.0 Å². The standard InChI is InChI=1S/C17H18N4O3/c1-18-17(23)21-15-5-3-4-14(10-15)20-16(22)13-8-6-12(7-9-13)11-19-24-2/h3-11H,1-2H3,(H,20,22)(H2,18,21,23)/b19-11+. The highest BCUT2D eigenvalue weighted by molar-refractivity contribution is 6.05. The van der Waals surface area contributed by atoms with Crippen molar-refractivity contribution in [3.63, 3.8) is 0 Å². The van der Waals surface area contributed by atoms with E-state index in [2.05, 4.69) is 25.9 Å². The zero-order chi connectivity index (χ0) is 17.4. The zero-order valence-electron chi connectivity index (χ0n) is 13.4. The fraction of sp³-hybridized carbons (Fsp3) is 0.118. The fourth-order valence-electron chi connectivity index (χ4n) is 1.91. The molecule has 2 aromatic carbocycles. The highest BCUT2D eigenvalue weighted by Gasteiger charge is 2.07. The molecule has 0 aliphatic heterocycles. The maximum atomic E-state index is 12.3. The van der Waals surface area contributed by atoms with Crippen molar-refractivity contribution in [1.82, 2.24) is 5.32 Å². The minimum absolute atomic E-state index is 0.248. The van der Waals surface area contributed by atoms with E-state index in [1.165, 1.54) is 14.2 Å². The molecule has 0 radical (unpaired) electrons. The number of hydrogen-bond acceptors (Lipinski definition) is 4. The van der Waals surface area contributed by atoms with Crippen LogP contribution in [0.2, 0.25) is 0 Å². The van der Waals surface area contributed by atoms with Gasteiger partial charge in [0.15, 0.2) is 0 Å². The minimum atomic E-state index is -0.327. The molecule has 124 valence electrons. The normalized spacial score (nSPS) is 10.2. The maximum Gasteiger partial charge on any atom is 0.318 e. The lowest BCUT2D eigenvalue weighted by Gasteiger charge is -2.08. The molecular weight excluding hydrogens is 308 g/mol. The van der Waals surface area contributed by atoms with E-state index in [9.17, 15) is 9.59 Å². The Kier molecular flexibility index (Phi) is 5.90. The molecular formula is C17H18N4O3. The summed E-state index contributed by atoms with van der Waals surface area (Å²) in [5, 5.41) is 11.5. The van der Waals surface area contributed by atoms with Crippen LogP contribution in [-0.2, 0) is 4.84 Å². The van der Waals surface area contributed by atoms with Gasteiger partial charge in [0.2, 0.25) is 0 Å². The molecule has 0 aliphatic rings. The second-order valence-corrected chi connectivity index (χ2v) is 4.78. The molecule has 0 aromatic heterocycles. The molecule has 0 saturated carbocycles. The van der Waals surface area contributed by atoms with Gasteiger partial charge in [-0.3, -0.25) is 4.79 Å². The summed E-state index contributed by atoms with van der Waals surface area (Å²) in [6.45, 7) is 0. The van der Waals surface area contributed by atoms with Crippen LogP contribution in [0, 0.1) is 0 Å². The Morgan fingerprint density at radius 1 is 1.04 bits per heavy atom. The van der Waals surface area contributed by atoms with E-state index in [1.54, 1.807) is 54.7 Å². The molecule has 0 saturated heterocycles. The van der Waals surface area contributed by atoms with Crippen LogP contribution in [0.5, 0.6) is 0 Å². The molecule has 0 aliphatic carbocycles. The van der Waals surface area contributed by atoms with Gasteiger partial charge in [-0.2, -0.15) is 0 Å². The molecule has 2 aromatic rings. The van der Waals surface area contributed by atoms with E-state index in [4.69, 9.17) is 0 Å². The van der Waals surface area contributed by atoms with Crippen molar-refractivity contribution in [2.75, 3.05) is 24.8 Å². The summed E-state index contributed by atoms with van der Waals surface area (Å²) in [6, 6.07) is 13.5. The number of anilines is 2. The van der Waals surface area contributed by atoms with Crippen molar-refractivity contribution >= 4 is 29.5 Å². The smallest absolute Gasteiger partial charge is 0.318 e. The molecule has 0 fully saturated rings. The largest absolute Gasteiger partial charge is 0.399 e. The molecule has 3 N–H and O–H groups in total. The molecule has 2 rings (SSSR count). The van der Waals surface area contributed by atoms with Crippen molar-refractivity contribution in [3.05, 3.63) is 59.7 Å². The molecule has 0 spiro atoms. The molecule has 0 heterocycles. The van der Waals surface area contributed by atoms with Crippen LogP contribution in [0.4, 0.5) is 16.2 Å². The third kappa shape index (κ3) is 4.84. The van der Waals surface area contributed by atoms with E-state index >= 15 is 0 Å². The number of carbonyl (C=O) groups is 2. The number of hydrogen-bond donors (Lipinski definition) is 3. The Labute approximate surface area is 139 Å². The maximum absolute atomic E-state index is 12.3. The third-order valence-corrected chi connectivity index (χ3v) is 3.09. The van der Waals surface area contributed by atoms with Gasteiger partial charge >= 0.3 is 6.03 Å². The summed E-state index contributed by atoms with van der Waals surface area (Å²) in [4.78, 5) is 28.2. The summed E-state index contributed by atoms with van der Waals surface area (Å²) in [6.07, 6.45) is 1.55. The summed E-state index contributed by atoms with van der Waals surface area (Å²) in [7, 11) is 2.99. The van der Waals surface area contributed by atoms with Crippen LogP contribution in [0.1, 0.15) is 15.9 Å². The van der Waals surface area contributed by atoms with Crippen molar-refractivity contribution in [3.8, 4) is 0 Å². The predicted molar refractivity (Wildman–Crippen MR) is 93.5 cm³/mol. The molecule has 0 unspecified atom stereocenters. The average molecular weight is 326 g/mol. The summed E-state index contributed by atoms with van der Waals surface area (Å²) in [5.41, 5.74) is 2.50. The molecule has 0 atom stereocenters. The van der Waals surface area contributed by atoms with E-state index in [0.29, 0.717) is 16.9 Å². The number of nitrogens with zero attached hydrogens (tertiary/aromatic N) is 1. The summed E-state index contributed by atoms with van der Waals surface area (Å²) >= 11 is 0. The molecule has 24 heavy (non-hydrogen) atoms. The first-order chi connectivity index (χ1) is 11.6. The van der Waals surface area contributed by atoms with E-state index in [-0.39, 0.29) is 11.9 Å². The molecule has 7 nitrogen and oxygen atoms in total. The van der Waals surface area contributed by atoms with Crippen molar-refractivity contribution in [2.24, 2.45) is 5.16 Å². The first kappa shape index (κ1) is 17.0.